The number of rotatable bonds is 4. The van der Waals surface area contributed by atoms with Crippen LogP contribution in [-0.2, 0) is 19.6 Å². The van der Waals surface area contributed by atoms with E-state index in [1.54, 1.807) is 12.1 Å². The van der Waals surface area contributed by atoms with Gasteiger partial charge in [-0.1, -0.05) is 6.07 Å². The Balaban J connectivity index is 1.49. The second-order valence-corrected chi connectivity index (χ2v) is 9.41. The highest BCUT2D eigenvalue weighted by Gasteiger charge is 2.35. The molecule has 0 aromatic heterocycles. The van der Waals surface area contributed by atoms with E-state index in [9.17, 15) is 13.2 Å². The molecule has 2 aromatic carbocycles. The predicted molar refractivity (Wildman–Crippen MR) is 116 cm³/mol. The van der Waals surface area contributed by atoms with E-state index in [-0.39, 0.29) is 6.54 Å². The Morgan fingerprint density at radius 2 is 1.80 bits per heavy atom. The molecule has 1 N–H and O–H groups in total. The average Bonchev–Trinajstić information content (AvgIpc) is 2.73. The fourth-order valence-electron chi connectivity index (χ4n) is 3.61. The van der Waals surface area contributed by atoms with Crippen molar-refractivity contribution in [3.05, 3.63) is 48.0 Å². The summed E-state index contributed by atoms with van der Waals surface area (Å²) in [6, 6.07) is 12.8. The van der Waals surface area contributed by atoms with E-state index in [2.05, 4.69) is 10.2 Å². The molecule has 2 heterocycles. The van der Waals surface area contributed by atoms with Crippen LogP contribution in [0.2, 0.25) is 0 Å². The monoisotopic (exact) mass is 431 g/mol. The van der Waals surface area contributed by atoms with Crippen molar-refractivity contribution in [3.8, 4) is 5.75 Å². The molecule has 30 heavy (non-hydrogen) atoms. The quantitative estimate of drug-likeness (QED) is 0.797. The van der Waals surface area contributed by atoms with E-state index in [0.717, 1.165) is 30.6 Å². The normalized spacial score (nSPS) is 19.1. The number of hydrogen-bond donors (Lipinski definition) is 1. The first-order valence-electron chi connectivity index (χ1n) is 9.80. The Morgan fingerprint density at radius 1 is 1.10 bits per heavy atom. The van der Waals surface area contributed by atoms with Crippen molar-refractivity contribution >= 4 is 33.0 Å². The fourth-order valence-corrected chi connectivity index (χ4v) is 4.52. The molecule has 0 bridgehead atoms. The van der Waals surface area contributed by atoms with Gasteiger partial charge in [-0.2, -0.15) is 0 Å². The van der Waals surface area contributed by atoms with Crippen molar-refractivity contribution in [3.63, 3.8) is 0 Å². The van der Waals surface area contributed by atoms with Crippen LogP contribution in [0.5, 0.6) is 5.75 Å². The van der Waals surface area contributed by atoms with Gasteiger partial charge in [0.1, 0.15) is 5.75 Å². The third-order valence-electron chi connectivity index (χ3n) is 5.19. The van der Waals surface area contributed by atoms with Gasteiger partial charge in [-0.05, 0) is 48.9 Å². The molecule has 1 atom stereocenters. The summed E-state index contributed by atoms with van der Waals surface area (Å²) >= 11 is 0. The Hall–Kier alpha value is -2.78. The first-order valence-corrected chi connectivity index (χ1v) is 11.6. The van der Waals surface area contributed by atoms with Crippen LogP contribution >= 0.6 is 0 Å². The summed E-state index contributed by atoms with van der Waals surface area (Å²) < 4.78 is 37.0. The van der Waals surface area contributed by atoms with Gasteiger partial charge in [0.25, 0.3) is 5.91 Å². The van der Waals surface area contributed by atoms with Gasteiger partial charge in [0.2, 0.25) is 10.0 Å². The molecule has 0 spiro atoms. The van der Waals surface area contributed by atoms with Gasteiger partial charge in [-0.3, -0.25) is 9.10 Å². The molecular formula is C21H25N3O5S. The number of carbonyl (C=O) groups is 1. The summed E-state index contributed by atoms with van der Waals surface area (Å²) in [6.45, 7) is 4.88. The van der Waals surface area contributed by atoms with Gasteiger partial charge in [0.05, 0.1) is 31.7 Å². The molecule has 9 heteroatoms. The maximum absolute atomic E-state index is 12.8. The topological polar surface area (TPSA) is 88.2 Å². The van der Waals surface area contributed by atoms with Gasteiger partial charge in [0, 0.05) is 24.5 Å². The van der Waals surface area contributed by atoms with Crippen LogP contribution < -0.4 is 19.3 Å². The summed E-state index contributed by atoms with van der Waals surface area (Å²) in [5.41, 5.74) is 3.06. The number of hydrogen-bond acceptors (Lipinski definition) is 6. The first-order chi connectivity index (χ1) is 14.3. The third kappa shape index (κ3) is 4.36. The van der Waals surface area contributed by atoms with Crippen molar-refractivity contribution in [2.75, 3.05) is 53.6 Å². The van der Waals surface area contributed by atoms with E-state index in [4.69, 9.17) is 9.47 Å². The number of carbonyl (C=O) groups excluding carboxylic acids is 1. The highest BCUT2D eigenvalue weighted by molar-refractivity contribution is 7.92. The lowest BCUT2D eigenvalue weighted by atomic mass is 10.1. The average molecular weight is 432 g/mol. The molecule has 2 aromatic rings. The number of nitrogens with one attached hydrogen (secondary N) is 1. The number of nitrogens with zero attached hydrogens (tertiary/aromatic N) is 2. The highest BCUT2D eigenvalue weighted by Crippen LogP contribution is 2.36. The molecule has 1 saturated heterocycles. The Morgan fingerprint density at radius 3 is 2.47 bits per heavy atom. The summed E-state index contributed by atoms with van der Waals surface area (Å²) in [7, 11) is -3.56. The van der Waals surface area contributed by atoms with Gasteiger partial charge < -0.3 is 19.7 Å². The summed E-state index contributed by atoms with van der Waals surface area (Å²) in [5.74, 6) is -0.0194. The first kappa shape index (κ1) is 20.5. The summed E-state index contributed by atoms with van der Waals surface area (Å²) in [6.07, 6.45) is 0.179. The molecule has 2 aliphatic heterocycles. The standard InChI is InChI=1S/C21H25N3O5S/c1-15-3-8-19-18(13-15)24(30(2,26)27)14-20(29-19)21(25)22-16-4-6-17(7-5-16)23-9-11-28-12-10-23/h3-8,13,20H,9-12,14H2,1-2H3,(H,22,25)/t20-/m1/s1. The van der Waals surface area contributed by atoms with Crippen molar-refractivity contribution in [1.82, 2.24) is 0 Å². The number of anilines is 3. The Kier molecular flexibility index (Phi) is 5.57. The van der Waals surface area contributed by atoms with Crippen molar-refractivity contribution in [2.45, 2.75) is 13.0 Å². The molecule has 4 rings (SSSR count). The van der Waals surface area contributed by atoms with Crippen LogP contribution in [0.25, 0.3) is 0 Å². The number of benzene rings is 2. The van der Waals surface area contributed by atoms with Crippen LogP contribution in [0.15, 0.2) is 42.5 Å². The van der Waals surface area contributed by atoms with Crippen molar-refractivity contribution in [1.29, 1.82) is 0 Å². The number of ether oxygens (including phenoxy) is 2. The summed E-state index contributed by atoms with van der Waals surface area (Å²) in [5, 5.41) is 2.83. The molecule has 1 fully saturated rings. The van der Waals surface area contributed by atoms with Crippen LogP contribution in [0.4, 0.5) is 17.1 Å². The predicted octanol–water partition coefficient (Wildman–Crippen LogP) is 2.00. The number of fused-ring (bicyclic) bond motifs is 1. The lowest BCUT2D eigenvalue weighted by Crippen LogP contribution is -2.48. The smallest absolute Gasteiger partial charge is 0.267 e. The molecular weight excluding hydrogens is 406 g/mol. The van der Waals surface area contributed by atoms with Crippen molar-refractivity contribution in [2.24, 2.45) is 0 Å². The zero-order chi connectivity index (χ0) is 21.3. The second-order valence-electron chi connectivity index (χ2n) is 7.51. The minimum absolute atomic E-state index is 0.0764. The molecule has 0 radical (unpaired) electrons. The lowest BCUT2D eigenvalue weighted by Gasteiger charge is -2.34. The molecule has 0 saturated carbocycles. The molecule has 8 nitrogen and oxygen atoms in total. The van der Waals surface area contributed by atoms with Crippen molar-refractivity contribution < 1.29 is 22.7 Å². The van der Waals surface area contributed by atoms with E-state index in [1.807, 2.05) is 37.3 Å². The SMILES string of the molecule is Cc1ccc2c(c1)N(S(C)(=O)=O)C[C@H](C(=O)Nc1ccc(N3CCOCC3)cc1)O2. The van der Waals surface area contributed by atoms with E-state index in [0.29, 0.717) is 30.3 Å². The van der Waals surface area contributed by atoms with Crippen LogP contribution in [0.1, 0.15) is 5.56 Å². The van der Waals surface area contributed by atoms with E-state index < -0.39 is 22.0 Å². The van der Waals surface area contributed by atoms with Gasteiger partial charge in [-0.25, -0.2) is 8.42 Å². The van der Waals surface area contributed by atoms with E-state index >= 15 is 0 Å². The molecule has 160 valence electrons. The van der Waals surface area contributed by atoms with Crippen LogP contribution in [0, 0.1) is 6.92 Å². The second kappa shape index (κ2) is 8.16. The zero-order valence-corrected chi connectivity index (χ0v) is 17.8. The fraction of sp³-hybridized carbons (Fsp3) is 0.381. The van der Waals surface area contributed by atoms with Crippen LogP contribution in [-0.4, -0.2) is 59.5 Å². The van der Waals surface area contributed by atoms with E-state index in [1.165, 1.54) is 4.31 Å². The van der Waals surface area contributed by atoms with Gasteiger partial charge in [-0.15, -0.1) is 0 Å². The highest BCUT2D eigenvalue weighted by atomic mass is 32.2. The number of amides is 1. The molecule has 0 unspecified atom stereocenters. The van der Waals surface area contributed by atoms with Gasteiger partial charge in [0.15, 0.2) is 6.10 Å². The number of sulfonamides is 1. The van der Waals surface area contributed by atoms with Gasteiger partial charge >= 0.3 is 0 Å². The third-order valence-corrected chi connectivity index (χ3v) is 6.33. The molecule has 0 aliphatic carbocycles. The maximum Gasteiger partial charge on any atom is 0.267 e. The number of morpholine rings is 1. The minimum atomic E-state index is -3.56. The molecule has 1 amide bonds. The lowest BCUT2D eigenvalue weighted by molar-refractivity contribution is -0.122. The zero-order valence-electron chi connectivity index (χ0n) is 17.0. The Bertz CT molecular complexity index is 1030. The largest absolute Gasteiger partial charge is 0.476 e. The molecule has 2 aliphatic rings. The Labute approximate surface area is 176 Å². The minimum Gasteiger partial charge on any atom is -0.476 e. The summed E-state index contributed by atoms with van der Waals surface area (Å²) in [4.78, 5) is 15.0. The maximum atomic E-state index is 12.8. The van der Waals surface area contributed by atoms with Crippen LogP contribution in [0.3, 0.4) is 0 Å². The number of aryl methyl sites for hydroxylation is 1.